The summed E-state index contributed by atoms with van der Waals surface area (Å²) < 4.78 is 5.78. The van der Waals surface area contributed by atoms with E-state index in [2.05, 4.69) is 21.0 Å². The van der Waals surface area contributed by atoms with Gasteiger partial charge in [0.1, 0.15) is 5.75 Å². The number of imidazole rings is 1. The van der Waals surface area contributed by atoms with Crippen LogP contribution < -0.4 is 22.1 Å². The van der Waals surface area contributed by atoms with Gasteiger partial charge in [0.15, 0.2) is 6.20 Å². The molecule has 0 fully saturated rings. The van der Waals surface area contributed by atoms with Crippen LogP contribution in [0, 0.1) is 6.92 Å². The third-order valence-electron chi connectivity index (χ3n) is 5.18. The molecule has 5 rings (SSSR count). The number of benzene rings is 3. The second-order valence-corrected chi connectivity index (χ2v) is 7.65. The van der Waals surface area contributed by atoms with Crippen molar-refractivity contribution in [2.45, 2.75) is 6.92 Å². The summed E-state index contributed by atoms with van der Waals surface area (Å²) in [5, 5.41) is 11.0. The Morgan fingerprint density at radius 1 is 1.12 bits per heavy atom. The van der Waals surface area contributed by atoms with Gasteiger partial charge >= 0.3 is 5.97 Å². The van der Waals surface area contributed by atoms with Crippen molar-refractivity contribution >= 4 is 39.5 Å². The third kappa shape index (κ3) is 3.98. The lowest BCUT2D eigenvalue weighted by molar-refractivity contribution is -0.344. The van der Waals surface area contributed by atoms with Crippen LogP contribution in [0.5, 0.6) is 11.8 Å². The second-order valence-electron chi connectivity index (χ2n) is 7.25. The van der Waals surface area contributed by atoms with E-state index in [9.17, 15) is 9.90 Å². The van der Waals surface area contributed by atoms with Crippen molar-refractivity contribution in [3.05, 3.63) is 83.0 Å². The van der Waals surface area contributed by atoms with Crippen LogP contribution in [-0.2, 0) is 0 Å². The Bertz CT molecular complexity index is 1480. The fourth-order valence-electron chi connectivity index (χ4n) is 3.57. The molecule has 32 heavy (non-hydrogen) atoms. The highest BCUT2D eigenvalue weighted by Crippen LogP contribution is 2.34. The molecule has 5 aromatic rings. The van der Waals surface area contributed by atoms with Crippen molar-refractivity contribution in [3.63, 3.8) is 0 Å². The molecule has 0 atom stereocenters. The summed E-state index contributed by atoms with van der Waals surface area (Å²) in [5.74, 6) is -0.615. The Hall–Kier alpha value is -3.61. The Balaban J connectivity index is 0.00000245. The number of aromatic carboxylic acids is 1. The minimum absolute atomic E-state index is 0. The number of nitrogens with zero attached hydrogens (tertiary/aromatic N) is 1. The van der Waals surface area contributed by atoms with E-state index >= 15 is 0 Å². The molecule has 0 aliphatic rings. The number of hydrogen-bond acceptors (Lipinski definition) is 3. The SMILES string of the molecule is Cc1ccc(Oc2nc3cc(-c4ccc5[nH+]cccc5c4)c(Cl)cc3[nH]2)cc1C(=O)O.[Cl-]. The number of fused-ring (bicyclic) bond motifs is 2. The number of aromatic nitrogens is 3. The molecule has 2 aromatic heterocycles. The van der Waals surface area contributed by atoms with Crippen LogP contribution in [0.25, 0.3) is 33.1 Å². The van der Waals surface area contributed by atoms with E-state index in [0.717, 1.165) is 27.5 Å². The zero-order valence-corrected chi connectivity index (χ0v) is 18.3. The van der Waals surface area contributed by atoms with Gasteiger partial charge in [-0.15, -0.1) is 0 Å². The van der Waals surface area contributed by atoms with Crippen LogP contribution >= 0.6 is 11.6 Å². The predicted molar refractivity (Wildman–Crippen MR) is 119 cm³/mol. The molecule has 0 spiro atoms. The number of carboxylic acids is 1. The van der Waals surface area contributed by atoms with Crippen LogP contribution in [0.2, 0.25) is 5.02 Å². The van der Waals surface area contributed by atoms with Crippen LogP contribution in [0.4, 0.5) is 0 Å². The summed E-state index contributed by atoms with van der Waals surface area (Å²) in [4.78, 5) is 22.2. The molecular weight excluding hydrogens is 449 g/mol. The number of aryl methyl sites for hydroxylation is 1. The summed E-state index contributed by atoms with van der Waals surface area (Å²) in [6.07, 6.45) is 1.89. The maximum absolute atomic E-state index is 11.4. The Morgan fingerprint density at radius 3 is 2.78 bits per heavy atom. The molecule has 0 saturated carbocycles. The summed E-state index contributed by atoms with van der Waals surface area (Å²) in [5.41, 5.74) is 5.15. The van der Waals surface area contributed by atoms with E-state index < -0.39 is 5.97 Å². The quantitative estimate of drug-likeness (QED) is 0.426. The van der Waals surface area contributed by atoms with E-state index in [1.54, 1.807) is 19.1 Å². The summed E-state index contributed by atoms with van der Waals surface area (Å²) >= 11 is 6.57. The summed E-state index contributed by atoms with van der Waals surface area (Å²) in [7, 11) is 0. The van der Waals surface area contributed by atoms with Crippen LogP contribution in [-0.4, -0.2) is 21.0 Å². The van der Waals surface area contributed by atoms with Crippen molar-refractivity contribution in [3.8, 4) is 22.9 Å². The number of aromatic amines is 2. The molecule has 0 radical (unpaired) electrons. The molecule has 6 nitrogen and oxygen atoms in total. The van der Waals surface area contributed by atoms with Gasteiger partial charge in [0, 0.05) is 23.1 Å². The van der Waals surface area contributed by atoms with Crippen molar-refractivity contribution in [2.24, 2.45) is 0 Å². The van der Waals surface area contributed by atoms with Gasteiger partial charge in [0.2, 0.25) is 5.52 Å². The number of pyridine rings is 1. The van der Waals surface area contributed by atoms with Crippen molar-refractivity contribution in [1.29, 1.82) is 0 Å². The van der Waals surface area contributed by atoms with Crippen molar-refractivity contribution in [2.75, 3.05) is 0 Å². The predicted octanol–water partition coefficient (Wildman–Crippen LogP) is 2.65. The van der Waals surface area contributed by atoms with E-state index in [-0.39, 0.29) is 24.0 Å². The molecule has 160 valence electrons. The highest BCUT2D eigenvalue weighted by Gasteiger charge is 2.14. The number of halogens is 2. The van der Waals surface area contributed by atoms with Gasteiger partial charge in [-0.3, -0.25) is 0 Å². The molecule has 3 aromatic carbocycles. The van der Waals surface area contributed by atoms with Gasteiger partial charge in [-0.2, -0.15) is 4.98 Å². The van der Waals surface area contributed by atoms with Crippen molar-refractivity contribution in [1.82, 2.24) is 9.97 Å². The lowest BCUT2D eigenvalue weighted by atomic mass is 10.0. The van der Waals surface area contributed by atoms with Gasteiger partial charge in [-0.25, -0.2) is 9.78 Å². The van der Waals surface area contributed by atoms with E-state index in [0.29, 0.717) is 21.9 Å². The monoisotopic (exact) mass is 465 g/mol. The molecule has 0 bridgehead atoms. The van der Waals surface area contributed by atoms with Crippen LogP contribution in [0.15, 0.2) is 66.9 Å². The first-order valence-corrected chi connectivity index (χ1v) is 9.97. The van der Waals surface area contributed by atoms with Gasteiger partial charge in [-0.05, 0) is 60.5 Å². The fourth-order valence-corrected chi connectivity index (χ4v) is 3.85. The molecule has 0 aliphatic heterocycles. The molecule has 0 aliphatic carbocycles. The minimum atomic E-state index is -1.00. The van der Waals surface area contributed by atoms with Gasteiger partial charge in [0.05, 0.1) is 21.6 Å². The largest absolute Gasteiger partial charge is 1.00 e. The van der Waals surface area contributed by atoms with E-state index in [1.807, 2.05) is 42.6 Å². The Kier molecular flexibility index (Phi) is 5.74. The smallest absolute Gasteiger partial charge is 0.336 e. The highest BCUT2D eigenvalue weighted by molar-refractivity contribution is 6.34. The zero-order valence-electron chi connectivity index (χ0n) is 16.8. The van der Waals surface area contributed by atoms with E-state index in [4.69, 9.17) is 16.3 Å². The number of nitrogens with one attached hydrogen (secondary N) is 2. The highest BCUT2D eigenvalue weighted by atomic mass is 35.5. The number of ether oxygens (including phenoxy) is 1. The van der Waals surface area contributed by atoms with Crippen molar-refractivity contribution < 1.29 is 32.0 Å². The number of carbonyl (C=O) groups is 1. The normalized spacial score (nSPS) is 10.8. The van der Waals surface area contributed by atoms with E-state index in [1.165, 1.54) is 6.07 Å². The summed E-state index contributed by atoms with van der Waals surface area (Å²) in [6.45, 7) is 1.74. The molecular formula is C24H17Cl2N3O3. The number of rotatable bonds is 4. The van der Waals surface area contributed by atoms with Crippen LogP contribution in [0.1, 0.15) is 15.9 Å². The molecule has 0 amide bonds. The maximum atomic E-state index is 11.4. The minimum Gasteiger partial charge on any atom is -1.00 e. The number of hydrogen-bond donors (Lipinski definition) is 2. The average Bonchev–Trinajstić information content (AvgIpc) is 3.15. The second kappa shape index (κ2) is 8.49. The van der Waals surface area contributed by atoms with Crippen LogP contribution in [0.3, 0.4) is 0 Å². The first kappa shape index (κ1) is 21.6. The Morgan fingerprint density at radius 2 is 1.97 bits per heavy atom. The van der Waals surface area contributed by atoms with Gasteiger partial charge < -0.3 is 27.2 Å². The lowest BCUT2D eigenvalue weighted by Crippen LogP contribution is -3.00. The molecule has 8 heteroatoms. The zero-order chi connectivity index (χ0) is 21.5. The average molecular weight is 466 g/mol. The maximum Gasteiger partial charge on any atom is 0.336 e. The molecule has 0 unspecified atom stereocenters. The lowest BCUT2D eigenvalue weighted by Gasteiger charge is -2.05. The first-order valence-electron chi connectivity index (χ1n) is 9.60. The third-order valence-corrected chi connectivity index (χ3v) is 5.49. The number of H-pyrrole nitrogens is 2. The van der Waals surface area contributed by atoms with Gasteiger partial charge in [-0.1, -0.05) is 17.7 Å². The fraction of sp³-hybridized carbons (Fsp3) is 0.0417. The molecule has 2 heterocycles. The number of carboxylic acid groups (broad SMARTS) is 1. The standard InChI is InChI=1S/C24H16ClN3O3.ClH/c1-13-4-6-16(10-17(13)23(29)30)31-24-27-21-11-18(19(25)12-22(21)28-24)14-5-7-20-15(9-14)3-2-8-26-20;/h2-12H,1H3,(H,27,28)(H,29,30);1H. The molecule has 3 N–H and O–H groups in total. The topological polar surface area (TPSA) is 89.4 Å². The first-order chi connectivity index (χ1) is 15.0. The van der Waals surface area contributed by atoms with Gasteiger partial charge in [0.25, 0.3) is 6.01 Å². The Labute approximate surface area is 194 Å². The summed E-state index contributed by atoms with van der Waals surface area (Å²) in [6, 6.07) is 19.0. The molecule has 0 saturated heterocycles.